The second-order valence-corrected chi connectivity index (χ2v) is 7.53. The lowest BCUT2D eigenvalue weighted by molar-refractivity contribution is -0.120. The van der Waals surface area contributed by atoms with Crippen LogP contribution in [0, 0.1) is 16.8 Å². The van der Waals surface area contributed by atoms with Crippen molar-refractivity contribution < 1.29 is 9.53 Å². The third kappa shape index (κ3) is 5.20. The summed E-state index contributed by atoms with van der Waals surface area (Å²) in [6, 6.07) is 0. The number of carbonyl (C=O) groups excluding carboxylic acids is 1. The molecule has 0 aromatic carbocycles. The van der Waals surface area contributed by atoms with Crippen molar-refractivity contribution in [1.82, 2.24) is 10.3 Å². The summed E-state index contributed by atoms with van der Waals surface area (Å²) in [7, 11) is 0. The molecule has 1 saturated carbocycles. The van der Waals surface area contributed by atoms with E-state index in [0.717, 1.165) is 20.9 Å². The number of aryl methyl sites for hydroxylation is 1. The van der Waals surface area contributed by atoms with Crippen LogP contribution < -0.4 is 5.32 Å². The molecule has 0 saturated heterocycles. The van der Waals surface area contributed by atoms with Crippen molar-refractivity contribution in [2.24, 2.45) is 5.92 Å². The Labute approximate surface area is 135 Å². The number of thiazole rings is 1. The number of nitrogens with one attached hydrogen (secondary N) is 2. The maximum Gasteiger partial charge on any atom is 0.225 e. The first-order valence-electron chi connectivity index (χ1n) is 7.63. The first-order valence-corrected chi connectivity index (χ1v) is 8.85. The van der Waals surface area contributed by atoms with E-state index in [4.69, 9.17) is 17.0 Å². The maximum absolute atomic E-state index is 11.9. The first-order chi connectivity index (χ1) is 10.1. The van der Waals surface area contributed by atoms with Gasteiger partial charge in [0.15, 0.2) is 3.95 Å². The van der Waals surface area contributed by atoms with Gasteiger partial charge in [-0.3, -0.25) is 4.79 Å². The van der Waals surface area contributed by atoms with Crippen LogP contribution in [0.25, 0.3) is 0 Å². The Morgan fingerprint density at radius 1 is 1.48 bits per heavy atom. The van der Waals surface area contributed by atoms with Gasteiger partial charge < -0.3 is 15.0 Å². The fourth-order valence-electron chi connectivity index (χ4n) is 2.74. The molecule has 2 atom stereocenters. The number of hydrogen-bond acceptors (Lipinski definition) is 4. The lowest BCUT2D eigenvalue weighted by Gasteiger charge is -2.28. The number of amides is 1. The molecular formula is C15H24N2O2S2. The molecule has 1 aromatic rings. The minimum Gasteiger partial charge on any atom is -0.376 e. The Hall–Kier alpha value is -0.720. The summed E-state index contributed by atoms with van der Waals surface area (Å²) in [5.41, 5.74) is 0.993. The largest absolute Gasteiger partial charge is 0.376 e. The number of aromatic nitrogens is 1. The first kappa shape index (κ1) is 16.6. The maximum atomic E-state index is 11.9. The number of rotatable bonds is 6. The minimum atomic E-state index is 0.0312. The van der Waals surface area contributed by atoms with Gasteiger partial charge >= 0.3 is 0 Å². The molecule has 0 aliphatic heterocycles. The van der Waals surface area contributed by atoms with Crippen LogP contribution >= 0.6 is 23.6 Å². The molecule has 2 N–H and O–H groups in total. The molecule has 0 radical (unpaired) electrons. The van der Waals surface area contributed by atoms with Gasteiger partial charge in [0.05, 0.1) is 19.1 Å². The van der Waals surface area contributed by atoms with E-state index in [1.807, 2.05) is 6.92 Å². The van der Waals surface area contributed by atoms with E-state index in [1.54, 1.807) is 0 Å². The van der Waals surface area contributed by atoms with E-state index in [0.29, 0.717) is 31.6 Å². The standard InChI is InChI=1S/C15H24N2O2S2/c1-10-5-3-4-6-12(10)19-8-7-16-14(18)9-13-11(2)17-15(20)21-13/h10,12H,3-9H2,1-2H3,(H,16,18)(H,17,20)/t10-,12+/m1/s1. The highest BCUT2D eigenvalue weighted by molar-refractivity contribution is 7.73. The summed E-state index contributed by atoms with van der Waals surface area (Å²) in [6.45, 7) is 5.38. The van der Waals surface area contributed by atoms with Crippen molar-refractivity contribution in [2.45, 2.75) is 52.1 Å². The number of hydrogen-bond donors (Lipinski definition) is 2. The molecule has 2 rings (SSSR count). The fraction of sp³-hybridized carbons (Fsp3) is 0.733. The molecule has 1 heterocycles. The quantitative estimate of drug-likeness (QED) is 0.622. The molecule has 21 heavy (non-hydrogen) atoms. The molecule has 1 aliphatic carbocycles. The monoisotopic (exact) mass is 328 g/mol. The summed E-state index contributed by atoms with van der Waals surface area (Å²) in [5.74, 6) is 0.674. The smallest absolute Gasteiger partial charge is 0.225 e. The molecule has 0 unspecified atom stereocenters. The Balaban J connectivity index is 1.65. The average molecular weight is 329 g/mol. The summed E-state index contributed by atoms with van der Waals surface area (Å²) in [6.07, 6.45) is 5.75. The fourth-order valence-corrected chi connectivity index (χ4v) is 4.03. The number of aromatic amines is 1. The molecule has 0 bridgehead atoms. The second-order valence-electron chi connectivity index (χ2n) is 5.76. The molecule has 0 spiro atoms. The van der Waals surface area contributed by atoms with Crippen LogP contribution in [-0.4, -0.2) is 30.1 Å². The van der Waals surface area contributed by atoms with E-state index in [9.17, 15) is 4.79 Å². The van der Waals surface area contributed by atoms with Gasteiger partial charge in [-0.05, 0) is 37.9 Å². The molecule has 1 aromatic heterocycles. The van der Waals surface area contributed by atoms with Gasteiger partial charge in [-0.2, -0.15) is 0 Å². The molecule has 1 amide bonds. The normalized spacial score (nSPS) is 22.2. The highest BCUT2D eigenvalue weighted by Crippen LogP contribution is 2.25. The van der Waals surface area contributed by atoms with Crippen molar-refractivity contribution >= 4 is 29.5 Å². The van der Waals surface area contributed by atoms with Gasteiger partial charge in [0.1, 0.15) is 0 Å². The number of H-pyrrole nitrogens is 1. The van der Waals surface area contributed by atoms with Crippen molar-refractivity contribution in [1.29, 1.82) is 0 Å². The zero-order valence-electron chi connectivity index (χ0n) is 12.7. The van der Waals surface area contributed by atoms with Crippen LogP contribution in [0.2, 0.25) is 0 Å². The summed E-state index contributed by atoms with van der Waals surface area (Å²) in [4.78, 5) is 16.0. The Kier molecular flexibility index (Phi) is 6.39. The van der Waals surface area contributed by atoms with E-state index in [1.165, 1.54) is 30.6 Å². The average Bonchev–Trinajstić information content (AvgIpc) is 2.75. The van der Waals surface area contributed by atoms with Gasteiger partial charge in [-0.1, -0.05) is 19.8 Å². The van der Waals surface area contributed by atoms with E-state index in [-0.39, 0.29) is 5.91 Å². The van der Waals surface area contributed by atoms with Gasteiger partial charge in [0, 0.05) is 17.1 Å². The van der Waals surface area contributed by atoms with Gasteiger partial charge in [-0.15, -0.1) is 11.3 Å². The number of ether oxygens (including phenoxy) is 1. The van der Waals surface area contributed by atoms with Gasteiger partial charge in [0.2, 0.25) is 5.91 Å². The molecular weight excluding hydrogens is 304 g/mol. The van der Waals surface area contributed by atoms with E-state index < -0.39 is 0 Å². The summed E-state index contributed by atoms with van der Waals surface area (Å²) < 4.78 is 6.62. The van der Waals surface area contributed by atoms with E-state index in [2.05, 4.69) is 17.2 Å². The van der Waals surface area contributed by atoms with Crippen molar-refractivity contribution in [3.63, 3.8) is 0 Å². The highest BCUT2D eigenvalue weighted by atomic mass is 32.1. The lowest BCUT2D eigenvalue weighted by Crippen LogP contribution is -2.32. The van der Waals surface area contributed by atoms with Crippen LogP contribution in [0.1, 0.15) is 43.2 Å². The molecule has 1 aliphatic rings. The number of carbonyl (C=O) groups is 1. The summed E-state index contributed by atoms with van der Waals surface area (Å²) >= 11 is 6.55. The van der Waals surface area contributed by atoms with E-state index >= 15 is 0 Å². The van der Waals surface area contributed by atoms with Crippen LogP contribution in [0.3, 0.4) is 0 Å². The van der Waals surface area contributed by atoms with Crippen LogP contribution in [0.15, 0.2) is 0 Å². The van der Waals surface area contributed by atoms with Crippen molar-refractivity contribution in [3.8, 4) is 0 Å². The third-order valence-electron chi connectivity index (χ3n) is 4.03. The highest BCUT2D eigenvalue weighted by Gasteiger charge is 2.21. The molecule has 118 valence electrons. The second kappa shape index (κ2) is 8.06. The SMILES string of the molecule is Cc1[nH]c(=S)sc1CC(=O)NCCO[C@H]1CCCC[C@H]1C. The zero-order valence-corrected chi connectivity index (χ0v) is 14.4. The summed E-state index contributed by atoms with van der Waals surface area (Å²) in [5, 5.41) is 2.92. The van der Waals surface area contributed by atoms with Crippen molar-refractivity contribution in [2.75, 3.05) is 13.2 Å². The predicted molar refractivity (Wildman–Crippen MR) is 88.3 cm³/mol. The minimum absolute atomic E-state index is 0.0312. The Bertz CT molecular complexity index is 524. The van der Waals surface area contributed by atoms with Gasteiger partial charge in [0.25, 0.3) is 0 Å². The Morgan fingerprint density at radius 2 is 2.24 bits per heavy atom. The topological polar surface area (TPSA) is 54.1 Å². The zero-order chi connectivity index (χ0) is 15.2. The van der Waals surface area contributed by atoms with Crippen LogP contribution in [0.5, 0.6) is 0 Å². The third-order valence-corrected chi connectivity index (χ3v) is 5.37. The molecule has 4 nitrogen and oxygen atoms in total. The van der Waals surface area contributed by atoms with Crippen LogP contribution in [0.4, 0.5) is 0 Å². The molecule has 1 fully saturated rings. The Morgan fingerprint density at radius 3 is 2.90 bits per heavy atom. The molecule has 6 heteroatoms. The predicted octanol–water partition coefficient (Wildman–Crippen LogP) is 3.37. The van der Waals surface area contributed by atoms with Crippen LogP contribution in [-0.2, 0) is 16.0 Å². The van der Waals surface area contributed by atoms with Crippen molar-refractivity contribution in [3.05, 3.63) is 14.5 Å². The van der Waals surface area contributed by atoms with Gasteiger partial charge in [-0.25, -0.2) is 0 Å². The lowest BCUT2D eigenvalue weighted by atomic mass is 9.88.